The fourth-order valence-corrected chi connectivity index (χ4v) is 0.983. The Bertz CT molecular complexity index is 273. The minimum absolute atomic E-state index is 0.0900. The van der Waals surface area contributed by atoms with Gasteiger partial charge in [-0.05, 0) is 30.2 Å². The molecule has 0 unspecified atom stereocenters. The summed E-state index contributed by atoms with van der Waals surface area (Å²) < 4.78 is 0. The van der Waals surface area contributed by atoms with Crippen molar-refractivity contribution in [2.45, 2.75) is 12.8 Å². The summed E-state index contributed by atoms with van der Waals surface area (Å²) >= 11 is 0. The Labute approximate surface area is 71.5 Å². The molecule has 0 saturated carbocycles. The van der Waals surface area contributed by atoms with Crippen LogP contribution in [-0.4, -0.2) is 16.8 Å². The molecule has 0 heterocycles. The lowest BCUT2D eigenvalue weighted by Gasteiger charge is -2.09. The molecule has 0 bridgehead atoms. The highest BCUT2D eigenvalue weighted by Gasteiger charge is 2.05. The molecule has 3 heteroatoms. The van der Waals surface area contributed by atoms with Crippen molar-refractivity contribution in [2.75, 3.05) is 6.54 Å². The highest BCUT2D eigenvalue weighted by molar-refractivity contribution is 5.41. The molecule has 12 heavy (non-hydrogen) atoms. The van der Waals surface area contributed by atoms with Gasteiger partial charge in [-0.3, -0.25) is 0 Å². The van der Waals surface area contributed by atoms with Crippen LogP contribution in [0.25, 0.3) is 0 Å². The second-order valence-corrected chi connectivity index (χ2v) is 2.88. The van der Waals surface area contributed by atoms with Gasteiger partial charge in [-0.2, -0.15) is 0 Å². The van der Waals surface area contributed by atoms with Gasteiger partial charge < -0.3 is 15.9 Å². The van der Waals surface area contributed by atoms with Crippen LogP contribution in [0.1, 0.15) is 18.4 Å². The lowest BCUT2D eigenvalue weighted by atomic mass is 10.0. The highest BCUT2D eigenvalue weighted by Crippen LogP contribution is 2.27. The topological polar surface area (TPSA) is 66.5 Å². The zero-order valence-corrected chi connectivity index (χ0v) is 6.99. The third-order valence-electron chi connectivity index (χ3n) is 1.92. The van der Waals surface area contributed by atoms with Crippen LogP contribution in [-0.2, 0) is 0 Å². The second kappa shape index (κ2) is 3.45. The lowest BCUT2D eigenvalue weighted by Crippen LogP contribution is -2.08. The van der Waals surface area contributed by atoms with Crippen LogP contribution >= 0.6 is 0 Å². The first-order valence-corrected chi connectivity index (χ1v) is 3.87. The van der Waals surface area contributed by atoms with Gasteiger partial charge in [-0.15, -0.1) is 0 Å². The Morgan fingerprint density at radius 2 is 2.00 bits per heavy atom. The van der Waals surface area contributed by atoms with Crippen molar-refractivity contribution in [3.05, 3.63) is 23.8 Å². The van der Waals surface area contributed by atoms with Crippen molar-refractivity contribution in [3.8, 4) is 11.5 Å². The maximum atomic E-state index is 9.15. The molecule has 3 nitrogen and oxygen atoms in total. The summed E-state index contributed by atoms with van der Waals surface area (Å²) in [6, 6.07) is 4.76. The number of rotatable bonds is 2. The Hall–Kier alpha value is -1.22. The van der Waals surface area contributed by atoms with Crippen molar-refractivity contribution >= 4 is 0 Å². The molecule has 1 atom stereocenters. The molecule has 0 aromatic heterocycles. The average Bonchev–Trinajstić information content (AvgIpc) is 2.08. The zero-order valence-electron chi connectivity index (χ0n) is 6.99. The molecule has 0 aliphatic heterocycles. The van der Waals surface area contributed by atoms with E-state index in [1.165, 1.54) is 12.1 Å². The van der Waals surface area contributed by atoms with Gasteiger partial charge in [0.1, 0.15) is 0 Å². The van der Waals surface area contributed by atoms with E-state index in [-0.39, 0.29) is 17.4 Å². The van der Waals surface area contributed by atoms with Gasteiger partial charge in [0, 0.05) is 0 Å². The molecular weight excluding hydrogens is 154 g/mol. The molecule has 4 N–H and O–H groups in total. The minimum Gasteiger partial charge on any atom is -0.504 e. The number of nitrogens with two attached hydrogens (primary N) is 1. The van der Waals surface area contributed by atoms with E-state index in [0.717, 1.165) is 5.56 Å². The standard InChI is InChI=1S/C9H13NO2/c1-6(5-10)7-2-3-8(11)9(12)4-7/h2-4,6,11-12H,5,10H2,1H3/t6-/m0/s1. The SMILES string of the molecule is C[C@@H](CN)c1ccc(O)c(O)c1. The molecular formula is C9H13NO2. The molecule has 0 aliphatic rings. The van der Waals surface area contributed by atoms with E-state index >= 15 is 0 Å². The van der Waals surface area contributed by atoms with Crippen LogP contribution in [0, 0.1) is 0 Å². The van der Waals surface area contributed by atoms with Gasteiger partial charge in [0.05, 0.1) is 0 Å². The van der Waals surface area contributed by atoms with Gasteiger partial charge in [0.2, 0.25) is 0 Å². The number of phenols is 2. The molecule has 0 spiro atoms. The lowest BCUT2D eigenvalue weighted by molar-refractivity contribution is 0.403. The molecule has 0 fully saturated rings. The van der Waals surface area contributed by atoms with E-state index in [2.05, 4.69) is 0 Å². The Kier molecular flexibility index (Phi) is 2.55. The molecule has 1 rings (SSSR count). The van der Waals surface area contributed by atoms with Crippen molar-refractivity contribution in [1.29, 1.82) is 0 Å². The summed E-state index contributed by atoms with van der Waals surface area (Å²) in [6.07, 6.45) is 0. The van der Waals surface area contributed by atoms with Crippen LogP contribution in [0.4, 0.5) is 0 Å². The normalized spacial score (nSPS) is 12.8. The van der Waals surface area contributed by atoms with Crippen molar-refractivity contribution in [2.24, 2.45) is 5.73 Å². The van der Waals surface area contributed by atoms with Crippen LogP contribution in [0.15, 0.2) is 18.2 Å². The quantitative estimate of drug-likeness (QED) is 0.579. The van der Waals surface area contributed by atoms with E-state index in [4.69, 9.17) is 15.9 Å². The number of aromatic hydroxyl groups is 2. The van der Waals surface area contributed by atoms with Crippen molar-refractivity contribution in [1.82, 2.24) is 0 Å². The summed E-state index contributed by atoms with van der Waals surface area (Å²) in [5.74, 6) is 0.0206. The third-order valence-corrected chi connectivity index (χ3v) is 1.92. The van der Waals surface area contributed by atoms with E-state index in [1.54, 1.807) is 6.07 Å². The minimum atomic E-state index is -0.0945. The van der Waals surface area contributed by atoms with E-state index in [0.29, 0.717) is 6.54 Å². The van der Waals surface area contributed by atoms with Gasteiger partial charge >= 0.3 is 0 Å². The second-order valence-electron chi connectivity index (χ2n) is 2.88. The Balaban J connectivity index is 2.96. The number of hydrogen-bond acceptors (Lipinski definition) is 3. The van der Waals surface area contributed by atoms with Crippen LogP contribution in [0.3, 0.4) is 0 Å². The zero-order chi connectivity index (χ0) is 9.14. The van der Waals surface area contributed by atoms with Gasteiger partial charge in [0.15, 0.2) is 11.5 Å². The number of benzene rings is 1. The first-order chi connectivity index (χ1) is 5.65. The number of hydrogen-bond donors (Lipinski definition) is 3. The van der Waals surface area contributed by atoms with Crippen LogP contribution < -0.4 is 5.73 Å². The summed E-state index contributed by atoms with van der Waals surface area (Å²) in [4.78, 5) is 0. The largest absolute Gasteiger partial charge is 0.504 e. The van der Waals surface area contributed by atoms with Gasteiger partial charge in [0.25, 0.3) is 0 Å². The van der Waals surface area contributed by atoms with E-state index in [1.807, 2.05) is 6.92 Å². The average molecular weight is 167 g/mol. The molecule has 0 saturated heterocycles. The van der Waals surface area contributed by atoms with E-state index in [9.17, 15) is 0 Å². The summed E-state index contributed by atoms with van der Waals surface area (Å²) in [6.45, 7) is 2.50. The highest BCUT2D eigenvalue weighted by atomic mass is 16.3. The maximum Gasteiger partial charge on any atom is 0.157 e. The first-order valence-electron chi connectivity index (χ1n) is 3.87. The summed E-state index contributed by atoms with van der Waals surface area (Å²) in [5, 5.41) is 18.2. The molecule has 0 radical (unpaired) electrons. The summed E-state index contributed by atoms with van der Waals surface area (Å²) in [5.41, 5.74) is 6.39. The van der Waals surface area contributed by atoms with Crippen LogP contribution in [0.2, 0.25) is 0 Å². The fourth-order valence-electron chi connectivity index (χ4n) is 0.983. The van der Waals surface area contributed by atoms with E-state index < -0.39 is 0 Å². The Morgan fingerprint density at radius 1 is 1.33 bits per heavy atom. The van der Waals surface area contributed by atoms with Gasteiger partial charge in [-0.1, -0.05) is 13.0 Å². The molecule has 1 aromatic rings. The molecule has 66 valence electrons. The smallest absolute Gasteiger partial charge is 0.157 e. The van der Waals surface area contributed by atoms with Crippen molar-refractivity contribution < 1.29 is 10.2 Å². The first kappa shape index (κ1) is 8.87. The molecule has 0 aliphatic carbocycles. The summed E-state index contributed by atoms with van der Waals surface area (Å²) in [7, 11) is 0. The fraction of sp³-hybridized carbons (Fsp3) is 0.333. The molecule has 1 aromatic carbocycles. The predicted molar refractivity (Wildman–Crippen MR) is 47.2 cm³/mol. The Morgan fingerprint density at radius 3 is 2.50 bits per heavy atom. The molecule has 0 amide bonds. The number of phenolic OH excluding ortho intramolecular Hbond substituents is 2. The maximum absolute atomic E-state index is 9.15. The van der Waals surface area contributed by atoms with Crippen LogP contribution in [0.5, 0.6) is 11.5 Å². The third kappa shape index (κ3) is 1.68. The monoisotopic (exact) mass is 167 g/mol. The predicted octanol–water partition coefficient (Wildman–Crippen LogP) is 1.16. The van der Waals surface area contributed by atoms with Crippen molar-refractivity contribution in [3.63, 3.8) is 0 Å². The van der Waals surface area contributed by atoms with Gasteiger partial charge in [-0.25, -0.2) is 0 Å².